The lowest BCUT2D eigenvalue weighted by Gasteiger charge is -2.37. The van der Waals surface area contributed by atoms with E-state index < -0.39 is 0 Å². The van der Waals surface area contributed by atoms with E-state index in [0.29, 0.717) is 0 Å². The van der Waals surface area contributed by atoms with Crippen LogP contribution in [0.1, 0.15) is 44.5 Å². The molecule has 0 saturated carbocycles. The number of tetrazole rings is 1. The molecule has 7 nitrogen and oxygen atoms in total. The fraction of sp³-hybridized carbons (Fsp3) is 0.529. The Morgan fingerprint density at radius 1 is 1.24 bits per heavy atom. The number of ether oxygens (including phenoxy) is 1. The fourth-order valence-electron chi connectivity index (χ4n) is 3.00. The first-order valence-corrected chi connectivity index (χ1v) is 9.32. The Kier molecular flexibility index (Phi) is 3.96. The highest BCUT2D eigenvalue weighted by molar-refractivity contribution is 7.09. The van der Waals surface area contributed by atoms with Crippen LogP contribution < -0.4 is 4.90 Å². The summed E-state index contributed by atoms with van der Waals surface area (Å²) in [6.45, 7) is 10.3. The molecule has 25 heavy (non-hydrogen) atoms. The van der Waals surface area contributed by atoms with Gasteiger partial charge < -0.3 is 9.64 Å². The van der Waals surface area contributed by atoms with Crippen LogP contribution in [0.15, 0.2) is 23.7 Å². The van der Waals surface area contributed by atoms with E-state index in [0.717, 1.165) is 35.1 Å². The van der Waals surface area contributed by atoms with Crippen LogP contribution in [-0.2, 0) is 10.2 Å². The predicted octanol–water partition coefficient (Wildman–Crippen LogP) is 2.84. The second-order valence-electron chi connectivity index (χ2n) is 7.53. The Labute approximate surface area is 150 Å². The standard InChI is InChI=1S/C17H22N6OS/c1-11-7-22(12-5-6-15-19-20-21-23(15)8-12)9-13(24-11)16-18-14(10-25-16)17(2,3)4/h5-6,8,10-11,13H,7,9H2,1-4H3/t11-,13-/m0/s1. The molecule has 8 heteroatoms. The van der Waals surface area contributed by atoms with Crippen LogP contribution in [0, 0.1) is 0 Å². The van der Waals surface area contributed by atoms with Gasteiger partial charge in [0.2, 0.25) is 0 Å². The number of nitrogens with zero attached hydrogens (tertiary/aromatic N) is 6. The van der Waals surface area contributed by atoms with E-state index in [4.69, 9.17) is 9.72 Å². The molecule has 4 rings (SSSR count). The van der Waals surface area contributed by atoms with E-state index in [-0.39, 0.29) is 17.6 Å². The van der Waals surface area contributed by atoms with Crippen molar-refractivity contribution in [3.63, 3.8) is 0 Å². The van der Waals surface area contributed by atoms with E-state index in [1.165, 1.54) is 0 Å². The average Bonchev–Trinajstić information content (AvgIpc) is 3.22. The Bertz CT molecular complexity index is 883. The van der Waals surface area contributed by atoms with Crippen molar-refractivity contribution >= 4 is 22.7 Å². The maximum atomic E-state index is 6.18. The summed E-state index contributed by atoms with van der Waals surface area (Å²) in [4.78, 5) is 7.16. The SMILES string of the molecule is C[C@H]1CN(c2ccc3nnnn3c2)C[C@@H](c2nc(C(C)(C)C)cs2)O1. The maximum Gasteiger partial charge on any atom is 0.179 e. The van der Waals surface area contributed by atoms with Crippen molar-refractivity contribution < 1.29 is 4.74 Å². The number of rotatable bonds is 2. The largest absolute Gasteiger partial charge is 0.365 e. The normalized spacial score (nSPS) is 21.8. The molecular weight excluding hydrogens is 336 g/mol. The van der Waals surface area contributed by atoms with Crippen molar-refractivity contribution in [1.29, 1.82) is 0 Å². The van der Waals surface area contributed by atoms with E-state index >= 15 is 0 Å². The van der Waals surface area contributed by atoms with Crippen LogP contribution in [0.4, 0.5) is 5.69 Å². The monoisotopic (exact) mass is 358 g/mol. The van der Waals surface area contributed by atoms with Gasteiger partial charge in [-0.1, -0.05) is 20.8 Å². The summed E-state index contributed by atoms with van der Waals surface area (Å²) in [5.41, 5.74) is 3.01. The molecule has 1 saturated heterocycles. The molecule has 1 fully saturated rings. The molecule has 3 aromatic rings. The van der Waals surface area contributed by atoms with Crippen LogP contribution >= 0.6 is 11.3 Å². The number of pyridine rings is 1. The van der Waals surface area contributed by atoms with Gasteiger partial charge in [-0.3, -0.25) is 0 Å². The zero-order valence-corrected chi connectivity index (χ0v) is 15.7. The van der Waals surface area contributed by atoms with Crippen molar-refractivity contribution in [1.82, 2.24) is 25.0 Å². The molecule has 0 bridgehead atoms. The summed E-state index contributed by atoms with van der Waals surface area (Å²) >= 11 is 1.69. The third kappa shape index (κ3) is 3.23. The summed E-state index contributed by atoms with van der Waals surface area (Å²) < 4.78 is 7.88. The first-order valence-electron chi connectivity index (χ1n) is 8.44. The second-order valence-corrected chi connectivity index (χ2v) is 8.42. The van der Waals surface area contributed by atoms with E-state index in [2.05, 4.69) is 59.6 Å². The molecule has 0 aromatic carbocycles. The van der Waals surface area contributed by atoms with E-state index in [9.17, 15) is 0 Å². The molecule has 0 spiro atoms. The molecule has 0 amide bonds. The Hall–Kier alpha value is -2.06. The van der Waals surface area contributed by atoms with Crippen LogP contribution in [0.25, 0.3) is 5.65 Å². The lowest BCUT2D eigenvalue weighted by Crippen LogP contribution is -2.43. The van der Waals surface area contributed by atoms with Crippen molar-refractivity contribution in [2.75, 3.05) is 18.0 Å². The third-order valence-electron chi connectivity index (χ3n) is 4.37. The highest BCUT2D eigenvalue weighted by atomic mass is 32.1. The lowest BCUT2D eigenvalue weighted by molar-refractivity contribution is -0.0175. The topological polar surface area (TPSA) is 68.4 Å². The van der Waals surface area contributed by atoms with Gasteiger partial charge in [0, 0.05) is 17.3 Å². The van der Waals surface area contributed by atoms with Crippen LogP contribution in [0.3, 0.4) is 0 Å². The molecule has 0 unspecified atom stereocenters. The van der Waals surface area contributed by atoms with Crippen LogP contribution in [0.5, 0.6) is 0 Å². The average molecular weight is 358 g/mol. The summed E-state index contributed by atoms with van der Waals surface area (Å²) in [6.07, 6.45) is 2.08. The molecule has 0 aliphatic carbocycles. The van der Waals surface area contributed by atoms with Crippen molar-refractivity contribution in [3.05, 3.63) is 34.4 Å². The summed E-state index contributed by atoms with van der Waals surface area (Å²) in [7, 11) is 0. The van der Waals surface area contributed by atoms with Crippen molar-refractivity contribution in [2.45, 2.75) is 45.3 Å². The summed E-state index contributed by atoms with van der Waals surface area (Å²) in [5.74, 6) is 0. The molecule has 132 valence electrons. The minimum Gasteiger partial charge on any atom is -0.365 e. The van der Waals surface area contributed by atoms with Crippen LogP contribution in [-0.4, -0.2) is 44.2 Å². The van der Waals surface area contributed by atoms with Gasteiger partial charge in [0.1, 0.15) is 11.1 Å². The number of anilines is 1. The minimum atomic E-state index is -0.0191. The Balaban J connectivity index is 1.59. The smallest absolute Gasteiger partial charge is 0.179 e. The predicted molar refractivity (Wildman–Crippen MR) is 97.1 cm³/mol. The molecule has 4 heterocycles. The van der Waals surface area contributed by atoms with Gasteiger partial charge in [0.25, 0.3) is 0 Å². The quantitative estimate of drug-likeness (QED) is 0.702. The second kappa shape index (κ2) is 6.03. The number of hydrogen-bond donors (Lipinski definition) is 0. The highest BCUT2D eigenvalue weighted by Crippen LogP contribution is 2.33. The van der Waals surface area contributed by atoms with Gasteiger partial charge >= 0.3 is 0 Å². The first kappa shape index (κ1) is 16.4. The van der Waals surface area contributed by atoms with E-state index in [1.54, 1.807) is 15.9 Å². The van der Waals surface area contributed by atoms with Gasteiger partial charge in [-0.25, -0.2) is 4.98 Å². The van der Waals surface area contributed by atoms with Crippen molar-refractivity contribution in [3.8, 4) is 0 Å². The number of fused-ring (bicyclic) bond motifs is 1. The van der Waals surface area contributed by atoms with E-state index in [1.807, 2.05) is 12.3 Å². The van der Waals surface area contributed by atoms with Crippen LogP contribution in [0.2, 0.25) is 0 Å². The van der Waals surface area contributed by atoms with Gasteiger partial charge in [-0.05, 0) is 29.5 Å². The first-order chi connectivity index (χ1) is 11.9. The third-order valence-corrected chi connectivity index (χ3v) is 5.30. The maximum absolute atomic E-state index is 6.18. The molecule has 0 radical (unpaired) electrons. The van der Waals surface area contributed by atoms with Gasteiger partial charge in [0.15, 0.2) is 5.65 Å². The summed E-state index contributed by atoms with van der Waals surface area (Å²) in [6, 6.07) is 3.99. The molecule has 1 aliphatic rings. The van der Waals surface area contributed by atoms with Crippen molar-refractivity contribution in [2.24, 2.45) is 0 Å². The number of hydrogen-bond acceptors (Lipinski definition) is 7. The highest BCUT2D eigenvalue weighted by Gasteiger charge is 2.30. The molecular formula is C17H22N6OS. The zero-order chi connectivity index (χ0) is 17.6. The summed E-state index contributed by atoms with van der Waals surface area (Å²) in [5, 5.41) is 14.8. The molecule has 2 atom stereocenters. The molecule has 0 N–H and O–H groups in total. The Morgan fingerprint density at radius 2 is 2.08 bits per heavy atom. The zero-order valence-electron chi connectivity index (χ0n) is 14.9. The van der Waals surface area contributed by atoms with Gasteiger partial charge in [0.05, 0.1) is 30.2 Å². The molecule has 1 aliphatic heterocycles. The minimum absolute atomic E-state index is 0.0191. The number of morpholine rings is 1. The lowest BCUT2D eigenvalue weighted by atomic mass is 9.93. The van der Waals surface area contributed by atoms with Gasteiger partial charge in [-0.2, -0.15) is 4.52 Å². The molecule has 3 aromatic heterocycles. The Morgan fingerprint density at radius 3 is 2.84 bits per heavy atom. The number of aromatic nitrogens is 5. The fourth-order valence-corrected chi connectivity index (χ4v) is 4.07. The number of thiazole rings is 1. The van der Waals surface area contributed by atoms with Gasteiger partial charge in [-0.15, -0.1) is 16.4 Å².